The number of para-hydroxylation sites is 1. The lowest BCUT2D eigenvalue weighted by molar-refractivity contribution is 0.957. The zero-order chi connectivity index (χ0) is 16.2. The second-order valence-corrected chi connectivity index (χ2v) is 5.66. The Morgan fingerprint density at radius 1 is 1.26 bits per heavy atom. The molecule has 2 heterocycles. The van der Waals surface area contributed by atoms with Crippen LogP contribution in [0.25, 0.3) is 22.2 Å². The Kier molecular flexibility index (Phi) is 4.33. The third-order valence-corrected chi connectivity index (χ3v) is 3.84. The predicted molar refractivity (Wildman–Crippen MR) is 98.3 cm³/mol. The summed E-state index contributed by atoms with van der Waals surface area (Å²) in [5, 5.41) is 4.55. The molecule has 0 saturated carbocycles. The van der Waals surface area contributed by atoms with Gasteiger partial charge < -0.3 is 16.0 Å². The summed E-state index contributed by atoms with van der Waals surface area (Å²) in [6, 6.07) is 12.3. The fraction of sp³-hybridized carbons (Fsp3) is 0.211. The highest BCUT2D eigenvalue weighted by Gasteiger charge is 2.12. The molecule has 1 aromatic carbocycles. The van der Waals surface area contributed by atoms with E-state index < -0.39 is 0 Å². The van der Waals surface area contributed by atoms with E-state index in [2.05, 4.69) is 46.5 Å². The number of aromatic amines is 1. The molecule has 0 atom stereocenters. The minimum absolute atomic E-state index is 0.527. The van der Waals surface area contributed by atoms with Gasteiger partial charge in [-0.3, -0.25) is 0 Å². The van der Waals surface area contributed by atoms with Crippen LogP contribution in [0.4, 0.5) is 11.5 Å². The van der Waals surface area contributed by atoms with Gasteiger partial charge in [0.15, 0.2) is 0 Å². The molecule has 4 nitrogen and oxygen atoms in total. The fourth-order valence-electron chi connectivity index (χ4n) is 2.70. The number of allylic oxidation sites excluding steroid dienone is 1. The molecule has 118 valence electrons. The molecule has 2 aromatic heterocycles. The third-order valence-electron chi connectivity index (χ3n) is 3.84. The molecule has 4 heteroatoms. The summed E-state index contributed by atoms with van der Waals surface area (Å²) in [7, 11) is 0. The number of pyridine rings is 1. The van der Waals surface area contributed by atoms with Crippen LogP contribution in [0.3, 0.4) is 0 Å². The van der Waals surface area contributed by atoms with Gasteiger partial charge in [-0.1, -0.05) is 37.6 Å². The standard InChI is InChI=1S/C19H22N4/c1-3-4-7-10-21-19-13(2)22-18(20)12-15(19)17-11-14-8-5-6-9-16(14)23-17/h5-12,21,23H,3-4H2,1-2H3,(H2,20,22)/b10-7-. The van der Waals surface area contributed by atoms with Gasteiger partial charge in [-0.25, -0.2) is 4.98 Å². The summed E-state index contributed by atoms with van der Waals surface area (Å²) < 4.78 is 0. The van der Waals surface area contributed by atoms with Gasteiger partial charge in [0.25, 0.3) is 0 Å². The van der Waals surface area contributed by atoms with Crippen molar-refractivity contribution in [2.45, 2.75) is 26.7 Å². The van der Waals surface area contributed by atoms with Crippen molar-refractivity contribution in [3.8, 4) is 11.3 Å². The molecule has 4 N–H and O–H groups in total. The lowest BCUT2D eigenvalue weighted by Crippen LogP contribution is -2.01. The Morgan fingerprint density at radius 3 is 2.87 bits per heavy atom. The number of aromatic nitrogens is 2. The number of nitrogens with zero attached hydrogens (tertiary/aromatic N) is 1. The van der Waals surface area contributed by atoms with Crippen LogP contribution >= 0.6 is 0 Å². The average Bonchev–Trinajstić information content (AvgIpc) is 2.96. The van der Waals surface area contributed by atoms with Crippen LogP contribution in [0.15, 0.2) is 48.7 Å². The molecular weight excluding hydrogens is 284 g/mol. The lowest BCUT2D eigenvalue weighted by Gasteiger charge is -2.12. The van der Waals surface area contributed by atoms with Crippen LogP contribution < -0.4 is 11.1 Å². The van der Waals surface area contributed by atoms with E-state index in [1.807, 2.05) is 31.3 Å². The molecule has 0 fully saturated rings. The van der Waals surface area contributed by atoms with Crippen molar-refractivity contribution < 1.29 is 0 Å². The second kappa shape index (κ2) is 6.57. The zero-order valence-corrected chi connectivity index (χ0v) is 13.6. The number of aryl methyl sites for hydroxylation is 1. The molecule has 0 radical (unpaired) electrons. The van der Waals surface area contributed by atoms with Gasteiger partial charge in [0, 0.05) is 22.2 Å². The maximum absolute atomic E-state index is 5.97. The van der Waals surface area contributed by atoms with E-state index in [1.54, 1.807) is 0 Å². The molecule has 3 rings (SSSR count). The van der Waals surface area contributed by atoms with Gasteiger partial charge in [-0.15, -0.1) is 0 Å². The highest BCUT2D eigenvalue weighted by atomic mass is 14.9. The Balaban J connectivity index is 2.05. The first-order chi connectivity index (χ1) is 11.2. The summed E-state index contributed by atoms with van der Waals surface area (Å²) >= 11 is 0. The number of fused-ring (bicyclic) bond motifs is 1. The van der Waals surface area contributed by atoms with Gasteiger partial charge in [0.1, 0.15) is 5.82 Å². The largest absolute Gasteiger partial charge is 0.384 e. The number of benzene rings is 1. The van der Waals surface area contributed by atoms with Crippen LogP contribution in [0.5, 0.6) is 0 Å². The van der Waals surface area contributed by atoms with Crippen LogP contribution in [-0.2, 0) is 0 Å². The molecule has 0 aliphatic heterocycles. The van der Waals surface area contributed by atoms with Crippen molar-refractivity contribution in [1.82, 2.24) is 9.97 Å². The zero-order valence-electron chi connectivity index (χ0n) is 13.6. The first-order valence-electron chi connectivity index (χ1n) is 7.96. The number of unbranched alkanes of at least 4 members (excludes halogenated alkanes) is 1. The predicted octanol–water partition coefficient (Wildman–Crippen LogP) is 4.85. The Labute approximate surface area is 136 Å². The smallest absolute Gasteiger partial charge is 0.124 e. The quantitative estimate of drug-likeness (QED) is 0.631. The monoisotopic (exact) mass is 306 g/mol. The molecule has 23 heavy (non-hydrogen) atoms. The highest BCUT2D eigenvalue weighted by molar-refractivity contribution is 5.90. The molecule has 0 unspecified atom stereocenters. The SMILES string of the molecule is CCC/C=C\Nc1c(-c2cc3ccccc3[nH]2)cc(N)nc1C. The number of anilines is 2. The molecule has 3 aromatic rings. The van der Waals surface area contributed by atoms with E-state index in [1.165, 1.54) is 5.39 Å². The van der Waals surface area contributed by atoms with Crippen molar-refractivity contribution in [3.63, 3.8) is 0 Å². The number of hydrogen-bond donors (Lipinski definition) is 3. The summed E-state index contributed by atoms with van der Waals surface area (Å²) in [6.45, 7) is 4.13. The van der Waals surface area contributed by atoms with Crippen molar-refractivity contribution in [3.05, 3.63) is 54.4 Å². The minimum atomic E-state index is 0.527. The summed E-state index contributed by atoms with van der Waals surface area (Å²) in [5.41, 5.74) is 11.0. The van der Waals surface area contributed by atoms with E-state index >= 15 is 0 Å². The van der Waals surface area contributed by atoms with Gasteiger partial charge in [0.2, 0.25) is 0 Å². The van der Waals surface area contributed by atoms with Gasteiger partial charge in [0.05, 0.1) is 11.4 Å². The lowest BCUT2D eigenvalue weighted by atomic mass is 10.1. The van der Waals surface area contributed by atoms with E-state index in [0.717, 1.165) is 41.0 Å². The number of hydrogen-bond acceptors (Lipinski definition) is 3. The molecule has 0 aliphatic rings. The Hall–Kier alpha value is -2.75. The van der Waals surface area contributed by atoms with E-state index in [-0.39, 0.29) is 0 Å². The van der Waals surface area contributed by atoms with Crippen molar-refractivity contribution >= 4 is 22.4 Å². The molecule has 0 amide bonds. The van der Waals surface area contributed by atoms with E-state index in [0.29, 0.717) is 5.82 Å². The molecule has 0 spiro atoms. The fourth-order valence-corrected chi connectivity index (χ4v) is 2.70. The maximum atomic E-state index is 5.97. The second-order valence-electron chi connectivity index (χ2n) is 5.66. The van der Waals surface area contributed by atoms with Crippen LogP contribution in [-0.4, -0.2) is 9.97 Å². The minimum Gasteiger partial charge on any atom is -0.384 e. The van der Waals surface area contributed by atoms with Crippen LogP contribution in [0.2, 0.25) is 0 Å². The number of nitrogen functional groups attached to an aromatic ring is 1. The number of rotatable bonds is 5. The van der Waals surface area contributed by atoms with Crippen molar-refractivity contribution in [2.24, 2.45) is 0 Å². The summed E-state index contributed by atoms with van der Waals surface area (Å²) in [6.07, 6.45) is 6.29. The maximum Gasteiger partial charge on any atom is 0.124 e. The molecular formula is C19H22N4. The van der Waals surface area contributed by atoms with Gasteiger partial charge >= 0.3 is 0 Å². The molecule has 0 saturated heterocycles. The first-order valence-corrected chi connectivity index (χ1v) is 7.96. The van der Waals surface area contributed by atoms with Gasteiger partial charge in [-0.05, 0) is 37.7 Å². The number of nitrogens with two attached hydrogens (primary N) is 1. The normalized spacial score (nSPS) is 11.4. The number of H-pyrrole nitrogens is 1. The number of nitrogens with one attached hydrogen (secondary N) is 2. The van der Waals surface area contributed by atoms with Crippen molar-refractivity contribution in [1.29, 1.82) is 0 Å². The Morgan fingerprint density at radius 2 is 2.09 bits per heavy atom. The molecule has 0 bridgehead atoms. The van der Waals surface area contributed by atoms with Crippen LogP contribution in [0.1, 0.15) is 25.5 Å². The van der Waals surface area contributed by atoms with E-state index in [4.69, 9.17) is 5.73 Å². The average molecular weight is 306 g/mol. The molecule has 0 aliphatic carbocycles. The Bertz CT molecular complexity index is 813. The third kappa shape index (κ3) is 3.21. The van der Waals surface area contributed by atoms with Crippen LogP contribution in [0, 0.1) is 6.92 Å². The topological polar surface area (TPSA) is 66.7 Å². The first kappa shape index (κ1) is 15.2. The summed E-state index contributed by atoms with van der Waals surface area (Å²) in [5.74, 6) is 0.527. The van der Waals surface area contributed by atoms with Gasteiger partial charge in [-0.2, -0.15) is 0 Å². The van der Waals surface area contributed by atoms with Crippen molar-refractivity contribution in [2.75, 3.05) is 11.1 Å². The van der Waals surface area contributed by atoms with E-state index in [9.17, 15) is 0 Å². The summed E-state index contributed by atoms with van der Waals surface area (Å²) in [4.78, 5) is 7.84. The highest BCUT2D eigenvalue weighted by Crippen LogP contribution is 2.33.